The molecule has 0 saturated carbocycles. The summed E-state index contributed by atoms with van der Waals surface area (Å²) in [6.07, 6.45) is -1.30. The summed E-state index contributed by atoms with van der Waals surface area (Å²) in [6, 6.07) is 9.17. The molecular weight excluding hydrogens is 483 g/mol. The van der Waals surface area contributed by atoms with Gasteiger partial charge < -0.3 is 31.1 Å². The molecular formula is C26H31FN4O6. The third kappa shape index (κ3) is 8.01. The van der Waals surface area contributed by atoms with Crippen molar-refractivity contribution in [2.75, 3.05) is 13.2 Å². The fraction of sp³-hybridized carbons (Fsp3) is 0.385. The summed E-state index contributed by atoms with van der Waals surface area (Å²) in [7, 11) is 0. The minimum absolute atomic E-state index is 0.0177. The van der Waals surface area contributed by atoms with Gasteiger partial charge in [0.1, 0.15) is 30.3 Å². The molecule has 5 N–H and O–H groups in total. The van der Waals surface area contributed by atoms with Crippen molar-refractivity contribution in [3.63, 3.8) is 0 Å². The number of para-hydroxylation sites is 1. The van der Waals surface area contributed by atoms with Gasteiger partial charge in [0.15, 0.2) is 0 Å². The Kier molecular flexibility index (Phi) is 9.56. The number of ether oxygens (including phenoxy) is 1. The molecule has 11 heteroatoms. The quantitative estimate of drug-likeness (QED) is 0.391. The number of rotatable bonds is 5. The van der Waals surface area contributed by atoms with Crippen LogP contribution in [0, 0.1) is 5.82 Å². The SMILES string of the molecule is C[C@@H]1COc2ccccc2C(=O)N[C@H](C(=O)NCCc2ccc(F)cc2)CC(=O)N[C@@H]([C@@H](C)O)C(=O)N1. The zero-order valence-corrected chi connectivity index (χ0v) is 20.6. The van der Waals surface area contributed by atoms with Crippen LogP contribution < -0.4 is 26.0 Å². The third-order valence-electron chi connectivity index (χ3n) is 5.73. The minimum Gasteiger partial charge on any atom is -0.491 e. The summed E-state index contributed by atoms with van der Waals surface area (Å²) in [5.74, 6) is -2.71. The Balaban J connectivity index is 1.81. The Labute approximate surface area is 214 Å². The number of amides is 4. The topological polar surface area (TPSA) is 146 Å². The van der Waals surface area contributed by atoms with Crippen LogP contribution in [0.15, 0.2) is 48.5 Å². The summed E-state index contributed by atoms with van der Waals surface area (Å²) in [6.45, 7) is 3.23. The number of aliphatic hydroxyl groups is 1. The van der Waals surface area contributed by atoms with Crippen molar-refractivity contribution in [3.8, 4) is 5.75 Å². The number of hydrogen-bond donors (Lipinski definition) is 5. The van der Waals surface area contributed by atoms with Crippen LogP contribution in [0.3, 0.4) is 0 Å². The molecule has 10 nitrogen and oxygen atoms in total. The Morgan fingerprint density at radius 1 is 1.11 bits per heavy atom. The average Bonchev–Trinajstić information content (AvgIpc) is 2.86. The van der Waals surface area contributed by atoms with Gasteiger partial charge in [0.2, 0.25) is 17.7 Å². The van der Waals surface area contributed by atoms with Crippen molar-refractivity contribution in [2.24, 2.45) is 0 Å². The maximum atomic E-state index is 13.1. The standard InChI is InChI=1S/C26H31FN4O6/c1-15-14-37-21-6-4-3-5-19(21)24(34)30-20(13-22(33)31-23(16(2)32)26(36)29-15)25(35)28-12-11-17-7-9-18(27)10-8-17/h3-10,15-16,20,23,32H,11-14H2,1-2H3,(H,28,35)(H,29,36)(H,30,34)(H,31,33)/t15-,16-,20+,23+/m1/s1. The van der Waals surface area contributed by atoms with Crippen molar-refractivity contribution in [1.29, 1.82) is 0 Å². The second-order valence-electron chi connectivity index (χ2n) is 8.90. The lowest BCUT2D eigenvalue weighted by Crippen LogP contribution is -2.56. The van der Waals surface area contributed by atoms with E-state index in [-0.39, 0.29) is 30.3 Å². The molecule has 37 heavy (non-hydrogen) atoms. The number of hydrogen-bond acceptors (Lipinski definition) is 6. The maximum Gasteiger partial charge on any atom is 0.255 e. The van der Waals surface area contributed by atoms with Gasteiger partial charge >= 0.3 is 0 Å². The number of benzene rings is 2. The molecule has 0 radical (unpaired) electrons. The molecule has 0 aromatic heterocycles. The van der Waals surface area contributed by atoms with Crippen molar-refractivity contribution in [2.45, 2.75) is 50.9 Å². The van der Waals surface area contributed by atoms with Gasteiger partial charge in [-0.1, -0.05) is 24.3 Å². The van der Waals surface area contributed by atoms with E-state index >= 15 is 0 Å². The van der Waals surface area contributed by atoms with E-state index in [1.807, 2.05) is 0 Å². The van der Waals surface area contributed by atoms with E-state index in [0.29, 0.717) is 6.42 Å². The van der Waals surface area contributed by atoms with Crippen LogP contribution in [0.5, 0.6) is 5.75 Å². The number of carbonyl (C=O) groups excluding carboxylic acids is 4. The van der Waals surface area contributed by atoms with Gasteiger partial charge in [0.05, 0.1) is 24.1 Å². The Morgan fingerprint density at radius 3 is 2.51 bits per heavy atom. The molecule has 2 aromatic carbocycles. The highest BCUT2D eigenvalue weighted by molar-refractivity contribution is 6.01. The van der Waals surface area contributed by atoms with E-state index in [4.69, 9.17) is 4.74 Å². The molecule has 1 aliphatic heterocycles. The molecule has 4 amide bonds. The molecule has 0 bridgehead atoms. The fourth-order valence-corrected chi connectivity index (χ4v) is 3.74. The molecule has 198 valence electrons. The zero-order valence-electron chi connectivity index (χ0n) is 20.6. The monoisotopic (exact) mass is 514 g/mol. The second kappa shape index (κ2) is 12.8. The van der Waals surface area contributed by atoms with Gasteiger partial charge in [-0.15, -0.1) is 0 Å². The second-order valence-corrected chi connectivity index (χ2v) is 8.90. The first kappa shape index (κ1) is 27.6. The largest absolute Gasteiger partial charge is 0.491 e. The maximum absolute atomic E-state index is 13.1. The molecule has 4 atom stereocenters. The van der Waals surface area contributed by atoms with Crippen LogP contribution in [0.1, 0.15) is 36.2 Å². The highest BCUT2D eigenvalue weighted by Crippen LogP contribution is 2.19. The van der Waals surface area contributed by atoms with Crippen molar-refractivity contribution in [3.05, 3.63) is 65.5 Å². The van der Waals surface area contributed by atoms with Gasteiger partial charge in [-0.25, -0.2) is 4.39 Å². The van der Waals surface area contributed by atoms with Gasteiger partial charge in [-0.05, 0) is 50.1 Å². The van der Waals surface area contributed by atoms with Crippen LogP contribution in [0.25, 0.3) is 0 Å². The minimum atomic E-state index is -1.28. The Bertz CT molecular complexity index is 1120. The Hall–Kier alpha value is -3.99. The summed E-state index contributed by atoms with van der Waals surface area (Å²) in [5, 5.41) is 20.4. The number of fused-ring (bicyclic) bond motifs is 1. The average molecular weight is 515 g/mol. The highest BCUT2D eigenvalue weighted by atomic mass is 19.1. The van der Waals surface area contributed by atoms with Crippen molar-refractivity contribution >= 4 is 23.6 Å². The van der Waals surface area contributed by atoms with Gasteiger partial charge in [0, 0.05) is 6.54 Å². The first-order chi connectivity index (χ1) is 17.6. The lowest BCUT2D eigenvalue weighted by molar-refractivity contribution is -0.133. The molecule has 0 unspecified atom stereocenters. The molecule has 1 heterocycles. The Morgan fingerprint density at radius 2 is 1.81 bits per heavy atom. The van der Waals surface area contributed by atoms with Crippen molar-refractivity contribution in [1.82, 2.24) is 21.3 Å². The van der Waals surface area contributed by atoms with E-state index in [1.54, 1.807) is 37.3 Å². The van der Waals surface area contributed by atoms with E-state index in [2.05, 4.69) is 21.3 Å². The summed E-state index contributed by atoms with van der Waals surface area (Å²) in [5.41, 5.74) is 0.949. The highest BCUT2D eigenvalue weighted by Gasteiger charge is 2.31. The third-order valence-corrected chi connectivity index (χ3v) is 5.73. The molecule has 0 aliphatic carbocycles. The van der Waals surface area contributed by atoms with Gasteiger partial charge in [-0.3, -0.25) is 19.2 Å². The number of carbonyl (C=O) groups is 4. The molecule has 3 rings (SSSR count). The van der Waals surface area contributed by atoms with E-state index in [0.717, 1.165) is 5.56 Å². The number of aliphatic hydroxyl groups excluding tert-OH is 1. The molecule has 2 aromatic rings. The normalized spacial score (nSPS) is 21.7. The molecule has 1 aliphatic rings. The van der Waals surface area contributed by atoms with Crippen LogP contribution in [-0.4, -0.2) is 66.1 Å². The smallest absolute Gasteiger partial charge is 0.255 e. The molecule has 0 spiro atoms. The van der Waals surface area contributed by atoms with E-state index in [9.17, 15) is 28.7 Å². The summed E-state index contributed by atoms with van der Waals surface area (Å²) < 4.78 is 18.9. The van der Waals surface area contributed by atoms with Crippen LogP contribution in [0.2, 0.25) is 0 Å². The van der Waals surface area contributed by atoms with Crippen LogP contribution >= 0.6 is 0 Å². The first-order valence-electron chi connectivity index (χ1n) is 12.0. The summed E-state index contributed by atoms with van der Waals surface area (Å²) >= 11 is 0. The van der Waals surface area contributed by atoms with Gasteiger partial charge in [-0.2, -0.15) is 0 Å². The molecule has 0 saturated heterocycles. The first-order valence-corrected chi connectivity index (χ1v) is 12.0. The van der Waals surface area contributed by atoms with Crippen LogP contribution in [-0.2, 0) is 20.8 Å². The zero-order chi connectivity index (χ0) is 26.9. The number of nitrogens with one attached hydrogen (secondary N) is 4. The number of halogens is 1. The fourth-order valence-electron chi connectivity index (χ4n) is 3.74. The van der Waals surface area contributed by atoms with Crippen molar-refractivity contribution < 1.29 is 33.4 Å². The lowest BCUT2D eigenvalue weighted by Gasteiger charge is -2.26. The summed E-state index contributed by atoms with van der Waals surface area (Å²) in [4.78, 5) is 51.5. The van der Waals surface area contributed by atoms with Crippen LogP contribution in [0.4, 0.5) is 4.39 Å². The molecule has 0 fully saturated rings. The van der Waals surface area contributed by atoms with Gasteiger partial charge in [0.25, 0.3) is 5.91 Å². The van der Waals surface area contributed by atoms with E-state index < -0.39 is 54.3 Å². The van der Waals surface area contributed by atoms with E-state index in [1.165, 1.54) is 25.1 Å². The lowest BCUT2D eigenvalue weighted by atomic mass is 10.1. The predicted molar refractivity (Wildman–Crippen MR) is 132 cm³/mol. The predicted octanol–water partition coefficient (Wildman–Crippen LogP) is 0.436.